The normalized spacial score (nSPS) is 15.4. The molecule has 2 aromatic heterocycles. The molecule has 0 saturated carbocycles. The number of carbonyl (C=O) groups excluding carboxylic acids is 1. The maximum absolute atomic E-state index is 12.4. The van der Waals surface area contributed by atoms with E-state index in [1.54, 1.807) is 31.1 Å². The molecule has 0 aliphatic carbocycles. The van der Waals surface area contributed by atoms with Gasteiger partial charge in [0.1, 0.15) is 12.3 Å². The van der Waals surface area contributed by atoms with Crippen LogP contribution in [-0.2, 0) is 18.4 Å². The topological polar surface area (TPSA) is 76.4 Å². The van der Waals surface area contributed by atoms with Crippen molar-refractivity contribution in [2.45, 2.75) is 6.61 Å². The van der Waals surface area contributed by atoms with Gasteiger partial charge in [0, 0.05) is 58.1 Å². The number of ether oxygens (including phenoxy) is 1. The molecule has 0 atom stereocenters. The van der Waals surface area contributed by atoms with Gasteiger partial charge in [0.2, 0.25) is 5.13 Å². The van der Waals surface area contributed by atoms with Crippen LogP contribution in [0.25, 0.3) is 0 Å². The molecular weight excluding hydrogens is 304 g/mol. The van der Waals surface area contributed by atoms with E-state index < -0.39 is 0 Å². The maximum Gasteiger partial charge on any atom is 0.272 e. The van der Waals surface area contributed by atoms with Crippen molar-refractivity contribution in [3.63, 3.8) is 0 Å². The number of carbonyl (C=O) groups is 1. The van der Waals surface area contributed by atoms with Crippen molar-refractivity contribution in [2.75, 3.05) is 38.2 Å². The first-order chi connectivity index (χ1) is 10.7. The third-order valence-corrected chi connectivity index (χ3v) is 4.42. The van der Waals surface area contributed by atoms with Crippen LogP contribution in [0.15, 0.2) is 12.3 Å². The number of nitrogens with zero attached hydrogens (tertiary/aromatic N) is 6. The lowest BCUT2D eigenvalue weighted by Crippen LogP contribution is -2.49. The lowest BCUT2D eigenvalue weighted by Gasteiger charge is -2.34. The molecule has 0 spiro atoms. The van der Waals surface area contributed by atoms with Gasteiger partial charge in [-0.1, -0.05) is 0 Å². The molecule has 0 aromatic carbocycles. The summed E-state index contributed by atoms with van der Waals surface area (Å²) in [6.45, 7) is 3.28. The second kappa shape index (κ2) is 6.41. The molecule has 1 fully saturated rings. The number of anilines is 1. The fourth-order valence-electron chi connectivity index (χ4n) is 2.41. The first kappa shape index (κ1) is 14.9. The Kier molecular flexibility index (Phi) is 4.34. The highest BCUT2D eigenvalue weighted by Crippen LogP contribution is 2.20. The van der Waals surface area contributed by atoms with Gasteiger partial charge in [-0.15, -0.1) is 0 Å². The lowest BCUT2D eigenvalue weighted by atomic mass is 10.3. The Morgan fingerprint density at radius 3 is 2.77 bits per heavy atom. The minimum atomic E-state index is 0.0250. The van der Waals surface area contributed by atoms with Crippen LogP contribution in [0.5, 0.6) is 0 Å². The van der Waals surface area contributed by atoms with Crippen LogP contribution in [0.3, 0.4) is 0 Å². The molecular formula is C13H18N6O2S. The van der Waals surface area contributed by atoms with Crippen LogP contribution < -0.4 is 4.90 Å². The molecule has 3 rings (SSSR count). The first-order valence-corrected chi connectivity index (χ1v) is 7.80. The summed E-state index contributed by atoms with van der Waals surface area (Å²) in [5.41, 5.74) is 0.617. The van der Waals surface area contributed by atoms with E-state index in [2.05, 4.69) is 19.4 Å². The molecule has 0 radical (unpaired) electrons. The number of rotatable bonds is 4. The minimum absolute atomic E-state index is 0.0250. The highest BCUT2D eigenvalue weighted by molar-refractivity contribution is 7.09. The zero-order valence-corrected chi connectivity index (χ0v) is 13.4. The summed E-state index contributed by atoms with van der Waals surface area (Å²) in [6, 6.07) is 1.75. The molecule has 8 nitrogen and oxygen atoms in total. The third kappa shape index (κ3) is 2.95. The van der Waals surface area contributed by atoms with Crippen molar-refractivity contribution in [3.05, 3.63) is 23.8 Å². The van der Waals surface area contributed by atoms with Gasteiger partial charge in [-0.05, 0) is 6.07 Å². The summed E-state index contributed by atoms with van der Waals surface area (Å²) >= 11 is 1.37. The van der Waals surface area contributed by atoms with Crippen molar-refractivity contribution in [2.24, 2.45) is 7.05 Å². The Morgan fingerprint density at radius 1 is 1.36 bits per heavy atom. The molecule has 1 saturated heterocycles. The Hall–Kier alpha value is -2.00. The van der Waals surface area contributed by atoms with Crippen molar-refractivity contribution in [1.82, 2.24) is 24.0 Å². The van der Waals surface area contributed by atoms with Gasteiger partial charge in [0.05, 0.1) is 0 Å². The van der Waals surface area contributed by atoms with Crippen molar-refractivity contribution in [1.29, 1.82) is 0 Å². The Balaban J connectivity index is 1.60. The Labute approximate surface area is 132 Å². The average Bonchev–Trinajstić information content (AvgIpc) is 3.16. The molecule has 1 aliphatic rings. The standard InChI is InChI=1S/C13H18N6O2S/c1-17-10(3-4-14-17)12(20)18-5-7-19(8-6-18)13-15-11(9-21-2)16-22-13/h3-4H,5-9H2,1-2H3. The molecule has 2 aromatic rings. The minimum Gasteiger partial charge on any atom is -0.377 e. The Bertz CT molecular complexity index is 647. The number of amides is 1. The van der Waals surface area contributed by atoms with E-state index in [0.717, 1.165) is 18.2 Å². The van der Waals surface area contributed by atoms with E-state index in [0.29, 0.717) is 31.2 Å². The van der Waals surface area contributed by atoms with Gasteiger partial charge in [-0.25, -0.2) is 4.98 Å². The summed E-state index contributed by atoms with van der Waals surface area (Å²) in [7, 11) is 3.41. The Morgan fingerprint density at radius 2 is 2.14 bits per heavy atom. The highest BCUT2D eigenvalue weighted by atomic mass is 32.1. The van der Waals surface area contributed by atoms with E-state index in [1.807, 2.05) is 4.90 Å². The molecule has 0 bridgehead atoms. The summed E-state index contributed by atoms with van der Waals surface area (Å²) in [4.78, 5) is 20.9. The fourth-order valence-corrected chi connectivity index (χ4v) is 3.13. The summed E-state index contributed by atoms with van der Waals surface area (Å²) in [5, 5.41) is 4.93. The van der Waals surface area contributed by atoms with Gasteiger partial charge in [-0.3, -0.25) is 9.48 Å². The molecule has 1 aliphatic heterocycles. The van der Waals surface area contributed by atoms with E-state index in [4.69, 9.17) is 4.74 Å². The lowest BCUT2D eigenvalue weighted by molar-refractivity contribution is 0.0735. The predicted octanol–water partition coefficient (Wildman–Crippen LogP) is 0.380. The van der Waals surface area contributed by atoms with E-state index in [9.17, 15) is 4.79 Å². The van der Waals surface area contributed by atoms with Crippen molar-refractivity contribution in [3.8, 4) is 0 Å². The van der Waals surface area contributed by atoms with Gasteiger partial charge >= 0.3 is 0 Å². The van der Waals surface area contributed by atoms with Gasteiger partial charge in [-0.2, -0.15) is 9.47 Å². The molecule has 118 valence electrons. The predicted molar refractivity (Wildman–Crippen MR) is 81.9 cm³/mol. The zero-order valence-electron chi connectivity index (χ0n) is 12.6. The molecule has 1 amide bonds. The number of aromatic nitrogens is 4. The number of methoxy groups -OCH3 is 1. The number of piperazine rings is 1. The van der Waals surface area contributed by atoms with Crippen LogP contribution in [-0.4, -0.2) is 63.2 Å². The first-order valence-electron chi connectivity index (χ1n) is 7.03. The van der Waals surface area contributed by atoms with Crippen LogP contribution in [0.1, 0.15) is 16.3 Å². The SMILES string of the molecule is COCc1nsc(N2CCN(C(=O)c3ccnn3C)CC2)n1. The van der Waals surface area contributed by atoms with E-state index in [-0.39, 0.29) is 5.91 Å². The monoisotopic (exact) mass is 322 g/mol. The maximum atomic E-state index is 12.4. The largest absolute Gasteiger partial charge is 0.377 e. The van der Waals surface area contributed by atoms with Crippen LogP contribution in [0, 0.1) is 0 Å². The van der Waals surface area contributed by atoms with Crippen molar-refractivity contribution < 1.29 is 9.53 Å². The van der Waals surface area contributed by atoms with E-state index >= 15 is 0 Å². The van der Waals surface area contributed by atoms with Gasteiger partial charge in [0.15, 0.2) is 5.82 Å². The molecule has 3 heterocycles. The van der Waals surface area contributed by atoms with Crippen LogP contribution in [0.4, 0.5) is 5.13 Å². The second-order valence-electron chi connectivity index (χ2n) is 5.05. The molecule has 9 heteroatoms. The van der Waals surface area contributed by atoms with Crippen LogP contribution in [0.2, 0.25) is 0 Å². The number of hydrogen-bond donors (Lipinski definition) is 0. The molecule has 0 N–H and O–H groups in total. The quantitative estimate of drug-likeness (QED) is 0.810. The number of aryl methyl sites for hydroxylation is 1. The summed E-state index contributed by atoms with van der Waals surface area (Å²) in [6.07, 6.45) is 1.64. The highest BCUT2D eigenvalue weighted by Gasteiger charge is 2.25. The average molecular weight is 322 g/mol. The third-order valence-electron chi connectivity index (χ3n) is 3.61. The molecule has 22 heavy (non-hydrogen) atoms. The fraction of sp³-hybridized carbons (Fsp3) is 0.538. The van der Waals surface area contributed by atoms with Gasteiger partial charge < -0.3 is 14.5 Å². The zero-order chi connectivity index (χ0) is 15.5. The van der Waals surface area contributed by atoms with Crippen LogP contribution >= 0.6 is 11.5 Å². The summed E-state index contributed by atoms with van der Waals surface area (Å²) in [5.74, 6) is 0.730. The van der Waals surface area contributed by atoms with Crippen molar-refractivity contribution >= 4 is 22.6 Å². The smallest absolute Gasteiger partial charge is 0.272 e. The number of hydrogen-bond acceptors (Lipinski definition) is 7. The van der Waals surface area contributed by atoms with E-state index in [1.165, 1.54) is 11.5 Å². The van der Waals surface area contributed by atoms with Gasteiger partial charge in [0.25, 0.3) is 5.91 Å². The summed E-state index contributed by atoms with van der Waals surface area (Å²) < 4.78 is 10.9. The second-order valence-corrected chi connectivity index (χ2v) is 5.78. The molecule has 0 unspecified atom stereocenters.